The Kier molecular flexibility index (Phi) is 6.51. The van der Waals surface area contributed by atoms with Crippen LogP contribution >= 0.6 is 0 Å². The maximum atomic E-state index is 11.3. The summed E-state index contributed by atoms with van der Waals surface area (Å²) in [4.78, 5) is 11.3. The highest BCUT2D eigenvalue weighted by Crippen LogP contribution is 2.38. The van der Waals surface area contributed by atoms with Crippen LogP contribution in [0.25, 0.3) is 0 Å². The maximum absolute atomic E-state index is 11.3. The topological polar surface area (TPSA) is 26.3 Å². The molecule has 0 atom stereocenters. The second-order valence-electron chi connectivity index (χ2n) is 5.83. The van der Waals surface area contributed by atoms with Crippen LogP contribution in [0.1, 0.15) is 66.7 Å². The van der Waals surface area contributed by atoms with Crippen LogP contribution in [0.4, 0.5) is 0 Å². The van der Waals surface area contributed by atoms with Gasteiger partial charge in [0.05, 0.1) is 0 Å². The van der Waals surface area contributed by atoms with E-state index in [2.05, 4.69) is 27.4 Å². The summed E-state index contributed by atoms with van der Waals surface area (Å²) in [6.07, 6.45) is 7.28. The Balaban J connectivity index is 4.34. The molecule has 0 saturated heterocycles. The predicted octanol–water partition coefficient (Wildman–Crippen LogP) is 4.49. The average molecular weight is 240 g/mol. The zero-order chi connectivity index (χ0) is 13.5. The molecule has 0 radical (unpaired) electrons. The summed E-state index contributed by atoms with van der Waals surface area (Å²) < 4.78 is 5.45. The molecule has 2 nitrogen and oxygen atoms in total. The van der Waals surface area contributed by atoms with E-state index in [4.69, 9.17) is 4.74 Å². The van der Waals surface area contributed by atoms with E-state index in [-0.39, 0.29) is 11.4 Å². The number of carbonyl (C=O) groups excluding carboxylic acids is 1. The second kappa shape index (κ2) is 6.83. The van der Waals surface area contributed by atoms with Gasteiger partial charge in [0.15, 0.2) is 0 Å². The van der Waals surface area contributed by atoms with Crippen molar-refractivity contribution in [2.45, 2.75) is 72.3 Å². The summed E-state index contributed by atoms with van der Waals surface area (Å²) in [5.41, 5.74) is -0.468. The highest BCUT2D eigenvalue weighted by atomic mass is 16.6. The number of carbonyl (C=O) groups is 1. The molecular formula is C15H28O2. The van der Waals surface area contributed by atoms with Crippen molar-refractivity contribution in [3.63, 3.8) is 0 Å². The van der Waals surface area contributed by atoms with E-state index in [1.807, 2.05) is 13.8 Å². The van der Waals surface area contributed by atoms with Gasteiger partial charge in [-0.3, -0.25) is 0 Å². The Hall–Kier alpha value is -0.790. The van der Waals surface area contributed by atoms with E-state index in [0.29, 0.717) is 0 Å². The Morgan fingerprint density at radius 2 is 1.76 bits per heavy atom. The molecule has 0 aromatic carbocycles. The van der Waals surface area contributed by atoms with Gasteiger partial charge in [-0.1, -0.05) is 53.0 Å². The SMILES string of the molecule is C=CC(=O)OC(C)(C)C(C)(C)CCCCCC. The first-order valence-electron chi connectivity index (χ1n) is 6.62. The van der Waals surface area contributed by atoms with Crippen molar-refractivity contribution in [1.29, 1.82) is 0 Å². The van der Waals surface area contributed by atoms with Crippen molar-refractivity contribution in [2.75, 3.05) is 0 Å². The van der Waals surface area contributed by atoms with Crippen LogP contribution in [0.3, 0.4) is 0 Å². The summed E-state index contributed by atoms with van der Waals surface area (Å²) in [5, 5.41) is 0. The molecule has 0 aliphatic rings. The van der Waals surface area contributed by atoms with Crippen molar-refractivity contribution in [2.24, 2.45) is 5.41 Å². The quantitative estimate of drug-likeness (QED) is 0.355. The molecule has 0 saturated carbocycles. The standard InChI is InChI=1S/C15H28O2/c1-7-9-10-11-12-14(3,4)15(5,6)17-13(16)8-2/h8H,2,7,9-12H2,1,3-6H3. The van der Waals surface area contributed by atoms with Crippen molar-refractivity contribution in [1.82, 2.24) is 0 Å². The van der Waals surface area contributed by atoms with E-state index in [1.165, 1.54) is 31.8 Å². The summed E-state index contributed by atoms with van der Waals surface area (Å²) in [6, 6.07) is 0. The molecule has 2 heteroatoms. The zero-order valence-electron chi connectivity index (χ0n) is 12.1. The number of ether oxygens (including phenoxy) is 1. The number of hydrogen-bond acceptors (Lipinski definition) is 2. The first-order valence-corrected chi connectivity index (χ1v) is 6.62. The van der Waals surface area contributed by atoms with Crippen LogP contribution in [0.15, 0.2) is 12.7 Å². The monoisotopic (exact) mass is 240 g/mol. The van der Waals surface area contributed by atoms with Crippen molar-refractivity contribution >= 4 is 5.97 Å². The smallest absolute Gasteiger partial charge is 0.330 e. The molecular weight excluding hydrogens is 212 g/mol. The number of unbranched alkanes of at least 4 members (excludes halogenated alkanes) is 3. The molecule has 0 aromatic heterocycles. The lowest BCUT2D eigenvalue weighted by atomic mass is 9.73. The number of rotatable bonds is 8. The third-order valence-electron chi connectivity index (χ3n) is 3.81. The highest BCUT2D eigenvalue weighted by Gasteiger charge is 2.39. The lowest BCUT2D eigenvalue weighted by Crippen LogP contribution is -2.43. The number of esters is 1. The van der Waals surface area contributed by atoms with Gasteiger partial charge in [0.25, 0.3) is 0 Å². The molecule has 0 N–H and O–H groups in total. The van der Waals surface area contributed by atoms with Gasteiger partial charge in [-0.15, -0.1) is 0 Å². The van der Waals surface area contributed by atoms with Gasteiger partial charge in [0.2, 0.25) is 0 Å². The molecule has 0 aliphatic heterocycles. The fraction of sp³-hybridized carbons (Fsp3) is 0.800. The minimum Gasteiger partial charge on any atom is -0.456 e. The second-order valence-corrected chi connectivity index (χ2v) is 5.83. The first kappa shape index (κ1) is 16.2. The van der Waals surface area contributed by atoms with E-state index < -0.39 is 5.60 Å². The van der Waals surface area contributed by atoms with Crippen molar-refractivity contribution in [3.05, 3.63) is 12.7 Å². The van der Waals surface area contributed by atoms with E-state index >= 15 is 0 Å². The first-order chi connectivity index (χ1) is 7.77. The van der Waals surface area contributed by atoms with Gasteiger partial charge < -0.3 is 4.74 Å². The predicted molar refractivity (Wildman–Crippen MR) is 72.9 cm³/mol. The van der Waals surface area contributed by atoms with Gasteiger partial charge in [-0.05, 0) is 20.3 Å². The molecule has 0 aromatic rings. The lowest BCUT2D eigenvalue weighted by molar-refractivity contribution is -0.162. The van der Waals surface area contributed by atoms with Gasteiger partial charge >= 0.3 is 5.97 Å². The fourth-order valence-corrected chi connectivity index (χ4v) is 1.73. The van der Waals surface area contributed by atoms with Crippen molar-refractivity contribution in [3.8, 4) is 0 Å². The average Bonchev–Trinajstić information content (AvgIpc) is 2.23. The molecule has 0 aliphatic carbocycles. The molecule has 17 heavy (non-hydrogen) atoms. The number of hydrogen-bond donors (Lipinski definition) is 0. The highest BCUT2D eigenvalue weighted by molar-refractivity contribution is 5.81. The Bertz CT molecular complexity index is 252. The van der Waals surface area contributed by atoms with Gasteiger partial charge in [0.1, 0.15) is 5.60 Å². The van der Waals surface area contributed by atoms with E-state index in [9.17, 15) is 4.79 Å². The zero-order valence-corrected chi connectivity index (χ0v) is 12.1. The van der Waals surface area contributed by atoms with Gasteiger partial charge in [-0.2, -0.15) is 0 Å². The van der Waals surface area contributed by atoms with E-state index in [1.54, 1.807) is 0 Å². The van der Waals surface area contributed by atoms with Crippen LogP contribution in [-0.2, 0) is 9.53 Å². The molecule has 0 rings (SSSR count). The molecule has 0 fully saturated rings. The Morgan fingerprint density at radius 3 is 2.24 bits per heavy atom. The summed E-state index contributed by atoms with van der Waals surface area (Å²) in [6.45, 7) is 13.9. The Morgan fingerprint density at radius 1 is 1.18 bits per heavy atom. The maximum Gasteiger partial charge on any atom is 0.330 e. The van der Waals surface area contributed by atoms with Crippen LogP contribution in [-0.4, -0.2) is 11.6 Å². The van der Waals surface area contributed by atoms with Crippen LogP contribution < -0.4 is 0 Å². The third kappa shape index (κ3) is 5.38. The normalized spacial score (nSPS) is 12.3. The Labute approximate surface area is 106 Å². The third-order valence-corrected chi connectivity index (χ3v) is 3.81. The summed E-state index contributed by atoms with van der Waals surface area (Å²) >= 11 is 0. The van der Waals surface area contributed by atoms with Gasteiger partial charge in [-0.25, -0.2) is 4.79 Å². The summed E-state index contributed by atoms with van der Waals surface area (Å²) in [7, 11) is 0. The fourth-order valence-electron chi connectivity index (χ4n) is 1.73. The molecule has 100 valence electrons. The van der Waals surface area contributed by atoms with Crippen LogP contribution in [0.5, 0.6) is 0 Å². The molecule has 0 amide bonds. The molecule has 0 heterocycles. The summed E-state index contributed by atoms with van der Waals surface area (Å²) in [5.74, 6) is -0.336. The molecule has 0 bridgehead atoms. The van der Waals surface area contributed by atoms with Crippen LogP contribution in [0.2, 0.25) is 0 Å². The molecule has 0 unspecified atom stereocenters. The van der Waals surface area contributed by atoms with Crippen molar-refractivity contribution < 1.29 is 9.53 Å². The van der Waals surface area contributed by atoms with Gasteiger partial charge in [0, 0.05) is 11.5 Å². The largest absolute Gasteiger partial charge is 0.456 e. The molecule has 0 spiro atoms. The minimum absolute atomic E-state index is 0.0145. The lowest BCUT2D eigenvalue weighted by Gasteiger charge is -2.40. The minimum atomic E-state index is -0.454. The van der Waals surface area contributed by atoms with Crippen LogP contribution in [0, 0.1) is 5.41 Å². The van der Waals surface area contributed by atoms with E-state index in [0.717, 1.165) is 6.42 Å².